The lowest BCUT2D eigenvalue weighted by atomic mass is 10.3. The van der Waals surface area contributed by atoms with Crippen LogP contribution < -0.4 is 10.1 Å². The zero-order chi connectivity index (χ0) is 11.1. The van der Waals surface area contributed by atoms with Gasteiger partial charge >= 0.3 is 0 Å². The second-order valence-electron chi connectivity index (χ2n) is 3.03. The molecule has 0 radical (unpaired) electrons. The van der Waals surface area contributed by atoms with Crippen LogP contribution in [0.4, 0.5) is 10.1 Å². The molecular weight excluding hydrogens is 193 g/mol. The summed E-state index contributed by atoms with van der Waals surface area (Å²) in [6, 6.07) is 4.88. The van der Waals surface area contributed by atoms with Gasteiger partial charge in [0.15, 0.2) is 11.6 Å². The molecule has 82 valence electrons. The fourth-order valence-electron chi connectivity index (χ4n) is 1.18. The molecule has 0 aliphatic rings. The summed E-state index contributed by atoms with van der Waals surface area (Å²) in [5.41, 5.74) is 0.758. The van der Waals surface area contributed by atoms with Crippen molar-refractivity contribution in [1.29, 1.82) is 0 Å². The predicted molar refractivity (Wildman–Crippen MR) is 60.9 cm³/mol. The Bertz CT molecular complexity index is 336. The summed E-state index contributed by atoms with van der Waals surface area (Å²) in [4.78, 5) is 0. The first-order chi connectivity index (χ1) is 7.27. The Morgan fingerprint density at radius 2 is 2.27 bits per heavy atom. The molecule has 0 aliphatic heterocycles. The molecule has 1 aromatic carbocycles. The highest BCUT2D eigenvalue weighted by atomic mass is 19.1. The smallest absolute Gasteiger partial charge is 0.167 e. The van der Waals surface area contributed by atoms with Gasteiger partial charge < -0.3 is 10.1 Å². The third-order valence-electron chi connectivity index (χ3n) is 1.89. The summed E-state index contributed by atoms with van der Waals surface area (Å²) in [6.45, 7) is 4.95. The molecule has 0 heterocycles. The van der Waals surface area contributed by atoms with E-state index in [0.29, 0.717) is 18.9 Å². The third-order valence-corrected chi connectivity index (χ3v) is 1.89. The number of ether oxygens (including phenoxy) is 1. The van der Waals surface area contributed by atoms with E-state index in [2.05, 4.69) is 5.32 Å². The van der Waals surface area contributed by atoms with E-state index in [1.165, 1.54) is 6.07 Å². The first kappa shape index (κ1) is 11.6. The van der Waals surface area contributed by atoms with Crippen molar-refractivity contribution in [1.82, 2.24) is 0 Å². The molecule has 1 rings (SSSR count). The molecule has 0 bridgehead atoms. The van der Waals surface area contributed by atoms with E-state index in [4.69, 9.17) is 4.74 Å². The average molecular weight is 209 g/mol. The Morgan fingerprint density at radius 1 is 1.47 bits per heavy atom. The minimum Gasteiger partial charge on any atom is -0.491 e. The minimum absolute atomic E-state index is 0.300. The molecule has 0 saturated heterocycles. The monoisotopic (exact) mass is 209 g/mol. The highest BCUT2D eigenvalue weighted by Crippen LogP contribution is 2.20. The van der Waals surface area contributed by atoms with E-state index in [-0.39, 0.29) is 5.82 Å². The molecule has 0 aromatic heterocycles. The number of hydrogen-bond donors (Lipinski definition) is 1. The van der Waals surface area contributed by atoms with Gasteiger partial charge in [-0.3, -0.25) is 0 Å². The van der Waals surface area contributed by atoms with Crippen molar-refractivity contribution in [2.45, 2.75) is 13.8 Å². The molecule has 3 heteroatoms. The van der Waals surface area contributed by atoms with Gasteiger partial charge in [-0.2, -0.15) is 0 Å². The van der Waals surface area contributed by atoms with Gasteiger partial charge in [0.1, 0.15) is 0 Å². The van der Waals surface area contributed by atoms with E-state index in [0.717, 1.165) is 5.69 Å². The Hall–Kier alpha value is -1.51. The van der Waals surface area contributed by atoms with Gasteiger partial charge in [-0.25, -0.2) is 4.39 Å². The maximum Gasteiger partial charge on any atom is 0.167 e. The van der Waals surface area contributed by atoms with Crippen molar-refractivity contribution in [3.63, 3.8) is 0 Å². The van der Waals surface area contributed by atoms with Crippen LogP contribution in [-0.2, 0) is 0 Å². The van der Waals surface area contributed by atoms with Crippen LogP contribution in [0.15, 0.2) is 30.4 Å². The van der Waals surface area contributed by atoms with Crippen LogP contribution in [0.2, 0.25) is 0 Å². The van der Waals surface area contributed by atoms with E-state index >= 15 is 0 Å². The van der Waals surface area contributed by atoms with Gasteiger partial charge in [-0.1, -0.05) is 12.2 Å². The summed E-state index contributed by atoms with van der Waals surface area (Å²) >= 11 is 0. The third kappa shape index (κ3) is 3.62. The number of anilines is 1. The fourth-order valence-corrected chi connectivity index (χ4v) is 1.18. The topological polar surface area (TPSA) is 21.3 Å². The maximum absolute atomic E-state index is 13.4. The molecule has 2 nitrogen and oxygen atoms in total. The zero-order valence-corrected chi connectivity index (χ0v) is 9.09. The maximum atomic E-state index is 13.4. The van der Waals surface area contributed by atoms with Gasteiger partial charge in [0.05, 0.1) is 6.61 Å². The molecule has 0 amide bonds. The number of hydrogen-bond acceptors (Lipinski definition) is 2. The molecule has 0 spiro atoms. The normalized spacial score (nSPS) is 10.6. The quantitative estimate of drug-likeness (QED) is 0.752. The molecule has 0 fully saturated rings. The first-order valence-electron chi connectivity index (χ1n) is 5.05. The SMILES string of the molecule is C/C=C/CNc1ccc(OCC)c(F)c1. The molecule has 0 saturated carbocycles. The average Bonchev–Trinajstić information content (AvgIpc) is 2.23. The van der Waals surface area contributed by atoms with Crippen LogP contribution in [0.1, 0.15) is 13.8 Å². The molecular formula is C12H16FNO. The standard InChI is InChI=1S/C12H16FNO/c1-3-5-8-14-10-6-7-12(15-4-2)11(13)9-10/h3,5-7,9,14H,4,8H2,1-2H3/b5-3+. The highest BCUT2D eigenvalue weighted by molar-refractivity contribution is 5.47. The number of rotatable bonds is 5. The second-order valence-corrected chi connectivity index (χ2v) is 3.03. The Kier molecular flexibility index (Phi) is 4.68. The minimum atomic E-state index is -0.331. The molecule has 0 atom stereocenters. The molecule has 0 unspecified atom stereocenters. The van der Waals surface area contributed by atoms with Gasteiger partial charge in [0.25, 0.3) is 0 Å². The molecule has 15 heavy (non-hydrogen) atoms. The van der Waals surface area contributed by atoms with Crippen molar-refractivity contribution in [3.8, 4) is 5.75 Å². The van der Waals surface area contributed by atoms with Gasteiger partial charge in [-0.05, 0) is 26.0 Å². The zero-order valence-electron chi connectivity index (χ0n) is 9.09. The highest BCUT2D eigenvalue weighted by Gasteiger charge is 2.02. The van der Waals surface area contributed by atoms with Crippen molar-refractivity contribution in [2.75, 3.05) is 18.5 Å². The summed E-state index contributed by atoms with van der Waals surface area (Å²) in [7, 11) is 0. The lowest BCUT2D eigenvalue weighted by molar-refractivity contribution is 0.321. The van der Waals surface area contributed by atoms with E-state index in [9.17, 15) is 4.39 Å². The van der Waals surface area contributed by atoms with Crippen LogP contribution in [0.5, 0.6) is 5.75 Å². The largest absolute Gasteiger partial charge is 0.491 e. The summed E-state index contributed by atoms with van der Waals surface area (Å²) in [6.07, 6.45) is 3.91. The lowest BCUT2D eigenvalue weighted by Gasteiger charge is -2.07. The van der Waals surface area contributed by atoms with Crippen molar-refractivity contribution < 1.29 is 9.13 Å². The Balaban J connectivity index is 2.64. The van der Waals surface area contributed by atoms with Crippen LogP contribution >= 0.6 is 0 Å². The Labute approximate surface area is 89.8 Å². The van der Waals surface area contributed by atoms with Crippen molar-refractivity contribution in [3.05, 3.63) is 36.2 Å². The van der Waals surface area contributed by atoms with E-state index < -0.39 is 0 Å². The molecule has 0 aliphatic carbocycles. The van der Waals surface area contributed by atoms with Crippen LogP contribution in [0.25, 0.3) is 0 Å². The molecule has 1 N–H and O–H groups in total. The first-order valence-corrected chi connectivity index (χ1v) is 5.05. The van der Waals surface area contributed by atoms with Crippen LogP contribution in [-0.4, -0.2) is 13.2 Å². The number of allylic oxidation sites excluding steroid dienone is 1. The second kappa shape index (κ2) is 6.06. The van der Waals surface area contributed by atoms with E-state index in [1.54, 1.807) is 12.1 Å². The van der Waals surface area contributed by atoms with Crippen molar-refractivity contribution in [2.24, 2.45) is 0 Å². The van der Waals surface area contributed by atoms with E-state index in [1.807, 2.05) is 26.0 Å². The van der Waals surface area contributed by atoms with Gasteiger partial charge in [-0.15, -0.1) is 0 Å². The van der Waals surface area contributed by atoms with Crippen LogP contribution in [0.3, 0.4) is 0 Å². The number of benzene rings is 1. The van der Waals surface area contributed by atoms with Crippen LogP contribution in [0, 0.1) is 5.82 Å². The Morgan fingerprint density at radius 3 is 2.87 bits per heavy atom. The predicted octanol–water partition coefficient (Wildman–Crippen LogP) is 3.21. The van der Waals surface area contributed by atoms with Gasteiger partial charge in [0, 0.05) is 18.3 Å². The number of halogens is 1. The summed E-state index contributed by atoms with van der Waals surface area (Å²) in [5, 5.41) is 3.07. The summed E-state index contributed by atoms with van der Waals surface area (Å²) in [5.74, 6) is -0.0311. The number of nitrogens with one attached hydrogen (secondary N) is 1. The van der Waals surface area contributed by atoms with Gasteiger partial charge in [0.2, 0.25) is 0 Å². The summed E-state index contributed by atoms with van der Waals surface area (Å²) < 4.78 is 18.5. The van der Waals surface area contributed by atoms with Crippen molar-refractivity contribution >= 4 is 5.69 Å². The lowest BCUT2D eigenvalue weighted by Crippen LogP contribution is -2.00. The molecule has 1 aromatic rings. The fraction of sp³-hybridized carbons (Fsp3) is 0.333.